The lowest BCUT2D eigenvalue weighted by Crippen LogP contribution is -2.35. The maximum absolute atomic E-state index is 6.40. The molecule has 2 rings (SSSR count). The zero-order valence-corrected chi connectivity index (χ0v) is 13.3. The molecule has 1 aromatic carbocycles. The fourth-order valence-corrected chi connectivity index (χ4v) is 2.26. The van der Waals surface area contributed by atoms with E-state index in [-0.39, 0.29) is 5.54 Å². The van der Waals surface area contributed by atoms with Crippen molar-refractivity contribution in [1.29, 1.82) is 0 Å². The van der Waals surface area contributed by atoms with Crippen molar-refractivity contribution >= 4 is 11.6 Å². The number of nitrogens with one attached hydrogen (secondary N) is 1. The molecule has 0 aliphatic carbocycles. The minimum absolute atomic E-state index is 0.0850. The van der Waals surface area contributed by atoms with E-state index < -0.39 is 0 Å². The lowest BCUT2D eigenvalue weighted by Gasteiger charge is -2.21. The average Bonchev–Trinajstić information content (AvgIpc) is 2.84. The highest BCUT2D eigenvalue weighted by Crippen LogP contribution is 2.22. The maximum atomic E-state index is 6.40. The Morgan fingerprint density at radius 2 is 2.05 bits per heavy atom. The van der Waals surface area contributed by atoms with Gasteiger partial charge in [-0.15, -0.1) is 0 Å². The van der Waals surface area contributed by atoms with Crippen molar-refractivity contribution in [2.75, 3.05) is 0 Å². The highest BCUT2D eigenvalue weighted by Gasteiger charge is 2.11. The van der Waals surface area contributed by atoms with Crippen molar-refractivity contribution < 1.29 is 0 Å². The first-order chi connectivity index (χ1) is 9.40. The van der Waals surface area contributed by atoms with Crippen LogP contribution in [-0.2, 0) is 13.0 Å². The van der Waals surface area contributed by atoms with E-state index in [9.17, 15) is 0 Å². The first kappa shape index (κ1) is 15.1. The van der Waals surface area contributed by atoms with Crippen LogP contribution in [-0.4, -0.2) is 15.1 Å². The van der Waals surface area contributed by atoms with Gasteiger partial charge in [-0.25, -0.2) is 4.98 Å². The molecule has 2 aromatic rings. The molecule has 4 heteroatoms. The third kappa shape index (κ3) is 3.62. The summed E-state index contributed by atoms with van der Waals surface area (Å²) in [7, 11) is 0. The second kappa shape index (κ2) is 5.98. The Bertz CT molecular complexity index is 582. The molecular formula is C16H22ClN3. The van der Waals surface area contributed by atoms with Gasteiger partial charge in [0.15, 0.2) is 0 Å². The number of hydrogen-bond acceptors (Lipinski definition) is 2. The van der Waals surface area contributed by atoms with Gasteiger partial charge in [-0.1, -0.05) is 24.6 Å². The van der Waals surface area contributed by atoms with Gasteiger partial charge in [0, 0.05) is 41.6 Å². The van der Waals surface area contributed by atoms with E-state index in [0.29, 0.717) is 0 Å². The Balaban J connectivity index is 2.22. The number of aryl methyl sites for hydroxylation is 1. The van der Waals surface area contributed by atoms with E-state index in [1.807, 2.05) is 18.5 Å². The predicted molar refractivity (Wildman–Crippen MR) is 84.5 cm³/mol. The standard InChI is InChI=1S/C16H22ClN3/c1-5-15-18-8-9-20(15)13-7-6-12(14(17)10-13)11-19-16(2,3)4/h6-10,19H,5,11H2,1-4H3. The Morgan fingerprint density at radius 3 is 2.65 bits per heavy atom. The zero-order chi connectivity index (χ0) is 14.8. The van der Waals surface area contributed by atoms with Gasteiger partial charge in [0.1, 0.15) is 5.82 Å². The number of aromatic nitrogens is 2. The fourth-order valence-electron chi connectivity index (χ4n) is 2.02. The van der Waals surface area contributed by atoms with Crippen molar-refractivity contribution in [3.05, 3.63) is 47.0 Å². The van der Waals surface area contributed by atoms with Crippen LogP contribution in [0.25, 0.3) is 5.69 Å². The molecule has 0 amide bonds. The van der Waals surface area contributed by atoms with Crippen LogP contribution in [0.15, 0.2) is 30.6 Å². The Hall–Kier alpha value is -1.32. The second-order valence-electron chi connectivity index (χ2n) is 5.95. The van der Waals surface area contributed by atoms with Gasteiger partial charge in [-0.05, 0) is 38.5 Å². The van der Waals surface area contributed by atoms with Gasteiger partial charge in [0.2, 0.25) is 0 Å². The number of imidazole rings is 1. The normalized spacial score (nSPS) is 11.8. The molecule has 108 valence electrons. The second-order valence-corrected chi connectivity index (χ2v) is 6.35. The molecule has 0 aliphatic rings. The zero-order valence-electron chi connectivity index (χ0n) is 12.6. The summed E-state index contributed by atoms with van der Waals surface area (Å²) in [4.78, 5) is 4.34. The average molecular weight is 292 g/mol. The quantitative estimate of drug-likeness (QED) is 0.923. The highest BCUT2D eigenvalue weighted by molar-refractivity contribution is 6.31. The third-order valence-corrected chi connectivity index (χ3v) is 3.51. The largest absolute Gasteiger partial charge is 0.308 e. The first-order valence-electron chi connectivity index (χ1n) is 6.97. The lowest BCUT2D eigenvalue weighted by molar-refractivity contribution is 0.424. The summed E-state index contributed by atoms with van der Waals surface area (Å²) in [6, 6.07) is 6.17. The Kier molecular flexibility index (Phi) is 4.51. The number of benzene rings is 1. The molecule has 1 heterocycles. The molecule has 1 N–H and O–H groups in total. The summed E-state index contributed by atoms with van der Waals surface area (Å²) >= 11 is 6.40. The highest BCUT2D eigenvalue weighted by atomic mass is 35.5. The van der Waals surface area contributed by atoms with E-state index in [4.69, 9.17) is 11.6 Å². The van der Waals surface area contributed by atoms with Crippen LogP contribution in [0, 0.1) is 0 Å². The van der Waals surface area contributed by atoms with Gasteiger partial charge in [0.25, 0.3) is 0 Å². The number of hydrogen-bond donors (Lipinski definition) is 1. The van der Waals surface area contributed by atoms with Crippen LogP contribution in [0.3, 0.4) is 0 Å². The monoisotopic (exact) mass is 291 g/mol. The van der Waals surface area contributed by atoms with E-state index in [1.54, 1.807) is 0 Å². The number of halogens is 1. The molecule has 0 saturated carbocycles. The molecule has 0 spiro atoms. The van der Waals surface area contributed by atoms with E-state index >= 15 is 0 Å². The first-order valence-corrected chi connectivity index (χ1v) is 7.34. The molecule has 0 radical (unpaired) electrons. The topological polar surface area (TPSA) is 29.9 Å². The van der Waals surface area contributed by atoms with Crippen molar-refractivity contribution in [3.8, 4) is 5.69 Å². The molecule has 0 atom stereocenters. The molecule has 1 aromatic heterocycles. The van der Waals surface area contributed by atoms with E-state index in [2.05, 4.69) is 54.7 Å². The minimum Gasteiger partial charge on any atom is -0.308 e. The number of nitrogens with zero attached hydrogens (tertiary/aromatic N) is 2. The third-order valence-electron chi connectivity index (χ3n) is 3.16. The van der Waals surface area contributed by atoms with Crippen molar-refractivity contribution in [3.63, 3.8) is 0 Å². The fraction of sp³-hybridized carbons (Fsp3) is 0.438. The number of rotatable bonds is 4. The van der Waals surface area contributed by atoms with Crippen molar-refractivity contribution in [1.82, 2.24) is 14.9 Å². The predicted octanol–water partition coefficient (Wildman–Crippen LogP) is 3.98. The molecular weight excluding hydrogens is 270 g/mol. The Labute approximate surface area is 126 Å². The van der Waals surface area contributed by atoms with Crippen LogP contribution < -0.4 is 5.32 Å². The molecule has 0 fully saturated rings. The van der Waals surface area contributed by atoms with Gasteiger partial charge >= 0.3 is 0 Å². The summed E-state index contributed by atoms with van der Waals surface area (Å²) in [5.74, 6) is 1.04. The van der Waals surface area contributed by atoms with Gasteiger partial charge in [0.05, 0.1) is 0 Å². The minimum atomic E-state index is 0.0850. The molecule has 3 nitrogen and oxygen atoms in total. The van der Waals surface area contributed by atoms with E-state index in [0.717, 1.165) is 35.1 Å². The van der Waals surface area contributed by atoms with Crippen molar-refractivity contribution in [2.45, 2.75) is 46.2 Å². The van der Waals surface area contributed by atoms with Crippen LogP contribution >= 0.6 is 11.6 Å². The molecule has 0 bridgehead atoms. The smallest absolute Gasteiger partial charge is 0.112 e. The van der Waals surface area contributed by atoms with Gasteiger partial charge in [-0.2, -0.15) is 0 Å². The van der Waals surface area contributed by atoms with Gasteiger partial charge < -0.3 is 9.88 Å². The SMILES string of the molecule is CCc1nccn1-c1ccc(CNC(C)(C)C)c(Cl)c1. The molecule has 0 saturated heterocycles. The summed E-state index contributed by atoms with van der Waals surface area (Å²) in [6.45, 7) is 9.31. The summed E-state index contributed by atoms with van der Waals surface area (Å²) in [5.41, 5.74) is 2.26. The summed E-state index contributed by atoms with van der Waals surface area (Å²) < 4.78 is 2.08. The van der Waals surface area contributed by atoms with Crippen LogP contribution in [0.5, 0.6) is 0 Å². The van der Waals surface area contributed by atoms with Crippen LogP contribution in [0.1, 0.15) is 39.1 Å². The van der Waals surface area contributed by atoms with E-state index in [1.165, 1.54) is 0 Å². The Morgan fingerprint density at radius 1 is 1.30 bits per heavy atom. The maximum Gasteiger partial charge on any atom is 0.112 e. The van der Waals surface area contributed by atoms with Crippen LogP contribution in [0.4, 0.5) is 0 Å². The van der Waals surface area contributed by atoms with Gasteiger partial charge in [-0.3, -0.25) is 0 Å². The molecule has 0 aliphatic heterocycles. The lowest BCUT2D eigenvalue weighted by atomic mass is 10.1. The van der Waals surface area contributed by atoms with Crippen molar-refractivity contribution in [2.24, 2.45) is 0 Å². The summed E-state index contributed by atoms with van der Waals surface area (Å²) in [6.07, 6.45) is 4.69. The molecule has 0 unspecified atom stereocenters. The molecule has 20 heavy (non-hydrogen) atoms. The summed E-state index contributed by atoms with van der Waals surface area (Å²) in [5, 5.41) is 4.24. The van der Waals surface area contributed by atoms with Crippen LogP contribution in [0.2, 0.25) is 5.02 Å².